The van der Waals surface area contributed by atoms with E-state index < -0.39 is 5.82 Å². The van der Waals surface area contributed by atoms with Crippen LogP contribution in [0.5, 0.6) is 11.5 Å². The molecule has 0 saturated carbocycles. The van der Waals surface area contributed by atoms with Gasteiger partial charge >= 0.3 is 0 Å². The molecule has 2 saturated heterocycles. The molecular formula is C26H28FN5O4. The van der Waals surface area contributed by atoms with E-state index >= 15 is 0 Å². The Morgan fingerprint density at radius 3 is 2.92 bits per heavy atom. The summed E-state index contributed by atoms with van der Waals surface area (Å²) < 4.78 is 31.7. The average Bonchev–Trinajstić information content (AvgIpc) is 3.51. The molecule has 10 heteroatoms. The first-order valence-electron chi connectivity index (χ1n) is 12.1. The highest BCUT2D eigenvalue weighted by atomic mass is 19.1. The molecule has 0 radical (unpaired) electrons. The number of anilines is 2. The molecule has 4 N–H and O–H groups in total. The van der Waals surface area contributed by atoms with Gasteiger partial charge in [0.2, 0.25) is 0 Å². The Labute approximate surface area is 207 Å². The maximum atomic E-state index is 14.5. The van der Waals surface area contributed by atoms with Gasteiger partial charge in [-0.05, 0) is 31.0 Å². The number of para-hydroxylation sites is 1. The molecule has 5 heterocycles. The maximum Gasteiger partial charge on any atom is 0.255 e. The van der Waals surface area contributed by atoms with Crippen LogP contribution in [-0.2, 0) is 10.2 Å². The lowest BCUT2D eigenvalue weighted by molar-refractivity contribution is 0.0680. The molecule has 1 spiro atoms. The van der Waals surface area contributed by atoms with Crippen LogP contribution in [0.2, 0.25) is 0 Å². The molecule has 2 aromatic heterocycles. The number of pyridine rings is 1. The highest BCUT2D eigenvalue weighted by molar-refractivity contribution is 6.07. The van der Waals surface area contributed by atoms with Crippen molar-refractivity contribution in [2.45, 2.75) is 24.4 Å². The Balaban J connectivity index is 1.48. The van der Waals surface area contributed by atoms with Gasteiger partial charge in [0.1, 0.15) is 12.4 Å². The quantitative estimate of drug-likeness (QED) is 0.400. The minimum atomic E-state index is -0.498. The van der Waals surface area contributed by atoms with Gasteiger partial charge in [-0.1, -0.05) is 6.07 Å². The second kappa shape index (κ2) is 9.11. The van der Waals surface area contributed by atoms with Gasteiger partial charge in [0.25, 0.3) is 5.91 Å². The molecule has 3 aliphatic heterocycles. The third kappa shape index (κ3) is 3.77. The summed E-state index contributed by atoms with van der Waals surface area (Å²) in [5, 5.41) is 9.66. The summed E-state index contributed by atoms with van der Waals surface area (Å²) in [6, 6.07) is 6.49. The van der Waals surface area contributed by atoms with Gasteiger partial charge in [0.05, 0.1) is 47.5 Å². The number of methoxy groups -OCH3 is 1. The van der Waals surface area contributed by atoms with Gasteiger partial charge in [-0.2, -0.15) is 0 Å². The molecule has 9 nitrogen and oxygen atoms in total. The molecule has 3 aromatic rings. The SMILES string of the molecule is COc1c(F)cccc1Nc1c(-c2ccncc2OC[C@@H]2CCCO2)[nH]c2c1C(=O)NCC21CNC1. The number of aromatic nitrogens is 2. The van der Waals surface area contributed by atoms with Crippen molar-refractivity contribution in [3.05, 3.63) is 53.7 Å². The largest absolute Gasteiger partial charge is 0.492 e. The molecule has 3 aliphatic rings. The summed E-state index contributed by atoms with van der Waals surface area (Å²) in [4.78, 5) is 21.0. The van der Waals surface area contributed by atoms with Gasteiger partial charge in [-0.3, -0.25) is 9.78 Å². The van der Waals surface area contributed by atoms with E-state index in [0.717, 1.165) is 43.8 Å². The van der Waals surface area contributed by atoms with Crippen LogP contribution in [0.15, 0.2) is 36.7 Å². The van der Waals surface area contributed by atoms with Gasteiger partial charge in [-0.25, -0.2) is 4.39 Å². The van der Waals surface area contributed by atoms with E-state index in [1.807, 2.05) is 6.07 Å². The predicted octanol–water partition coefficient (Wildman–Crippen LogP) is 3.11. The smallest absolute Gasteiger partial charge is 0.255 e. The maximum absolute atomic E-state index is 14.5. The standard InChI is InChI=1S/C26H28FN5O4/c1-34-23-17(27)5-2-6-18(23)31-22-20-24(26(12-29-13-26)14-30-25(20)33)32-21(22)16-7-8-28-10-19(16)36-11-15-4-3-9-35-15/h2,5-8,10,15,29,31-32H,3-4,9,11-14H2,1H3,(H,30,33)/t15-/m0/s1. The van der Waals surface area contributed by atoms with Crippen LogP contribution in [-0.4, -0.2) is 61.9 Å². The molecule has 188 valence electrons. The van der Waals surface area contributed by atoms with Crippen LogP contribution >= 0.6 is 0 Å². The van der Waals surface area contributed by atoms with Crippen molar-refractivity contribution in [1.29, 1.82) is 0 Å². The second-order valence-electron chi connectivity index (χ2n) is 9.46. The Morgan fingerprint density at radius 2 is 2.17 bits per heavy atom. The Kier molecular flexibility index (Phi) is 5.77. The fourth-order valence-electron chi connectivity index (χ4n) is 5.22. The highest BCUT2D eigenvalue weighted by Gasteiger charge is 2.47. The molecule has 0 bridgehead atoms. The van der Waals surface area contributed by atoms with E-state index in [0.29, 0.717) is 41.5 Å². The topological polar surface area (TPSA) is 110 Å². The summed E-state index contributed by atoms with van der Waals surface area (Å²) in [6.07, 6.45) is 5.36. The summed E-state index contributed by atoms with van der Waals surface area (Å²) in [7, 11) is 1.42. The number of ether oxygens (including phenoxy) is 3. The van der Waals surface area contributed by atoms with E-state index in [-0.39, 0.29) is 23.2 Å². The van der Waals surface area contributed by atoms with E-state index in [1.54, 1.807) is 24.5 Å². The van der Waals surface area contributed by atoms with E-state index in [2.05, 4.69) is 25.9 Å². The molecule has 1 amide bonds. The molecular weight excluding hydrogens is 465 g/mol. The molecule has 36 heavy (non-hydrogen) atoms. The number of rotatable bonds is 7. The van der Waals surface area contributed by atoms with Crippen molar-refractivity contribution in [2.24, 2.45) is 0 Å². The summed E-state index contributed by atoms with van der Waals surface area (Å²) in [6.45, 7) is 3.16. The van der Waals surface area contributed by atoms with Crippen LogP contribution in [0.1, 0.15) is 28.9 Å². The van der Waals surface area contributed by atoms with Gasteiger partial charge in [-0.15, -0.1) is 0 Å². The Morgan fingerprint density at radius 1 is 1.28 bits per heavy atom. The number of halogens is 1. The highest BCUT2D eigenvalue weighted by Crippen LogP contribution is 2.46. The van der Waals surface area contributed by atoms with Crippen molar-refractivity contribution in [3.63, 3.8) is 0 Å². The van der Waals surface area contributed by atoms with Gasteiger partial charge < -0.3 is 35.1 Å². The number of nitrogens with zero attached hydrogens (tertiary/aromatic N) is 1. The molecule has 0 aliphatic carbocycles. The van der Waals surface area contributed by atoms with E-state index in [1.165, 1.54) is 13.2 Å². The number of carbonyl (C=O) groups excluding carboxylic acids is 1. The molecule has 1 aromatic carbocycles. The fraction of sp³-hybridized carbons (Fsp3) is 0.385. The average molecular weight is 494 g/mol. The first-order chi connectivity index (χ1) is 17.6. The van der Waals surface area contributed by atoms with Crippen molar-refractivity contribution in [3.8, 4) is 22.8 Å². The number of H-pyrrole nitrogens is 1. The van der Waals surface area contributed by atoms with Crippen molar-refractivity contribution >= 4 is 17.3 Å². The first kappa shape index (κ1) is 22.8. The summed E-state index contributed by atoms with van der Waals surface area (Å²) in [5.41, 5.74) is 3.46. The van der Waals surface area contributed by atoms with Crippen LogP contribution in [0.4, 0.5) is 15.8 Å². The van der Waals surface area contributed by atoms with E-state index in [4.69, 9.17) is 14.2 Å². The number of nitrogens with one attached hydrogen (secondary N) is 4. The normalized spacial score (nSPS) is 19.9. The van der Waals surface area contributed by atoms with Crippen LogP contribution in [0, 0.1) is 5.82 Å². The zero-order chi connectivity index (χ0) is 24.7. The number of hydrogen-bond donors (Lipinski definition) is 4. The van der Waals surface area contributed by atoms with E-state index in [9.17, 15) is 9.18 Å². The zero-order valence-electron chi connectivity index (χ0n) is 19.9. The number of amides is 1. The Hall–Kier alpha value is -3.63. The minimum Gasteiger partial charge on any atom is -0.492 e. The third-order valence-corrected chi connectivity index (χ3v) is 7.20. The third-order valence-electron chi connectivity index (χ3n) is 7.20. The number of fused-ring (bicyclic) bond motifs is 2. The molecule has 6 rings (SSSR count). The lowest BCUT2D eigenvalue weighted by Gasteiger charge is -2.45. The second-order valence-corrected chi connectivity index (χ2v) is 9.46. The predicted molar refractivity (Wildman–Crippen MR) is 132 cm³/mol. The number of carbonyl (C=O) groups is 1. The minimum absolute atomic E-state index is 0.0409. The van der Waals surface area contributed by atoms with Crippen LogP contribution in [0.25, 0.3) is 11.3 Å². The summed E-state index contributed by atoms with van der Waals surface area (Å²) in [5.74, 6) is -0.0536. The lowest BCUT2D eigenvalue weighted by atomic mass is 9.74. The molecule has 2 fully saturated rings. The van der Waals surface area contributed by atoms with Crippen molar-refractivity contribution < 1.29 is 23.4 Å². The fourth-order valence-corrected chi connectivity index (χ4v) is 5.22. The van der Waals surface area contributed by atoms with Crippen molar-refractivity contribution in [1.82, 2.24) is 20.6 Å². The van der Waals surface area contributed by atoms with Crippen LogP contribution < -0.4 is 25.4 Å². The van der Waals surface area contributed by atoms with Crippen LogP contribution in [0.3, 0.4) is 0 Å². The van der Waals surface area contributed by atoms with Gasteiger partial charge in [0, 0.05) is 43.7 Å². The number of benzene rings is 1. The van der Waals surface area contributed by atoms with Gasteiger partial charge in [0.15, 0.2) is 11.6 Å². The number of hydrogen-bond acceptors (Lipinski definition) is 7. The number of aromatic amines is 1. The monoisotopic (exact) mass is 493 g/mol. The molecule has 0 unspecified atom stereocenters. The Bertz CT molecular complexity index is 1300. The summed E-state index contributed by atoms with van der Waals surface area (Å²) >= 11 is 0. The zero-order valence-corrected chi connectivity index (χ0v) is 19.9. The first-order valence-corrected chi connectivity index (χ1v) is 12.1. The molecule has 1 atom stereocenters. The lowest BCUT2D eigenvalue weighted by Crippen LogP contribution is -2.64. The van der Waals surface area contributed by atoms with Crippen molar-refractivity contribution in [2.75, 3.05) is 45.3 Å².